The molecule has 134 valence electrons. The molecule has 1 aromatic heterocycles. The van der Waals surface area contributed by atoms with Gasteiger partial charge < -0.3 is 15.0 Å². The maximum atomic E-state index is 13.7. The number of thiophene rings is 1. The number of rotatable bonds is 8. The van der Waals surface area contributed by atoms with Crippen LogP contribution < -0.4 is 10.1 Å². The summed E-state index contributed by atoms with van der Waals surface area (Å²) in [6, 6.07) is 8.16. The number of benzene rings is 1. The Hall–Kier alpha value is -1.93. The lowest BCUT2D eigenvalue weighted by Crippen LogP contribution is -2.42. The van der Waals surface area contributed by atoms with E-state index >= 15 is 0 Å². The van der Waals surface area contributed by atoms with Gasteiger partial charge in [-0.1, -0.05) is 22.0 Å². The second-order valence-electron chi connectivity index (χ2n) is 5.13. The molecule has 0 saturated carbocycles. The Bertz CT molecular complexity index is 725. The Balaban J connectivity index is 1.82. The van der Waals surface area contributed by atoms with Crippen molar-refractivity contribution in [2.24, 2.45) is 0 Å². The first-order valence-corrected chi connectivity index (χ1v) is 9.31. The number of nitrogens with zero attached hydrogens (tertiary/aromatic N) is 1. The van der Waals surface area contributed by atoms with E-state index < -0.39 is 5.82 Å². The highest BCUT2D eigenvalue weighted by atomic mass is 79.9. The maximum Gasteiger partial charge on any atom is 0.260 e. The van der Waals surface area contributed by atoms with Crippen LogP contribution in [0.1, 0.15) is 11.8 Å². The van der Waals surface area contributed by atoms with Gasteiger partial charge in [0, 0.05) is 15.9 Å². The van der Waals surface area contributed by atoms with E-state index in [0.29, 0.717) is 17.6 Å². The van der Waals surface area contributed by atoms with Crippen molar-refractivity contribution in [2.45, 2.75) is 13.5 Å². The smallest absolute Gasteiger partial charge is 0.260 e. The van der Waals surface area contributed by atoms with Crippen LogP contribution in [0, 0.1) is 5.82 Å². The molecule has 0 atom stereocenters. The van der Waals surface area contributed by atoms with Crippen LogP contribution in [-0.2, 0) is 16.1 Å². The highest BCUT2D eigenvalue weighted by Crippen LogP contribution is 2.21. The molecule has 0 unspecified atom stereocenters. The second kappa shape index (κ2) is 9.53. The van der Waals surface area contributed by atoms with Gasteiger partial charge in [0.25, 0.3) is 5.91 Å². The standard InChI is InChI=1S/C17H18BrFN2O3S/c1-2-21(10-16(22)20-9-13-4-3-7-25-13)17(23)11-24-15-6-5-12(18)8-14(15)19/h3-8H,2,9-11H2,1H3,(H,20,22). The largest absolute Gasteiger partial charge is 0.481 e. The summed E-state index contributed by atoms with van der Waals surface area (Å²) in [5.74, 6) is -1.19. The van der Waals surface area contributed by atoms with E-state index in [9.17, 15) is 14.0 Å². The van der Waals surface area contributed by atoms with Gasteiger partial charge in [-0.2, -0.15) is 0 Å². The van der Waals surface area contributed by atoms with Crippen LogP contribution in [-0.4, -0.2) is 36.4 Å². The van der Waals surface area contributed by atoms with Gasteiger partial charge >= 0.3 is 0 Å². The zero-order chi connectivity index (χ0) is 18.2. The number of halogens is 2. The molecule has 8 heteroatoms. The van der Waals surface area contributed by atoms with Gasteiger partial charge in [-0.3, -0.25) is 9.59 Å². The van der Waals surface area contributed by atoms with Crippen LogP contribution in [0.4, 0.5) is 4.39 Å². The van der Waals surface area contributed by atoms with Crippen molar-refractivity contribution in [3.05, 3.63) is 50.9 Å². The fourth-order valence-corrected chi connectivity index (χ4v) is 3.01. The van der Waals surface area contributed by atoms with E-state index in [4.69, 9.17) is 4.74 Å². The molecule has 2 rings (SSSR count). The zero-order valence-corrected chi connectivity index (χ0v) is 16.0. The average Bonchev–Trinajstić information content (AvgIpc) is 3.10. The molecule has 25 heavy (non-hydrogen) atoms. The van der Waals surface area contributed by atoms with Gasteiger partial charge in [0.15, 0.2) is 18.2 Å². The number of carbonyl (C=O) groups is 2. The van der Waals surface area contributed by atoms with E-state index in [0.717, 1.165) is 4.88 Å². The second-order valence-corrected chi connectivity index (χ2v) is 7.08. The van der Waals surface area contributed by atoms with Crippen molar-refractivity contribution in [3.8, 4) is 5.75 Å². The van der Waals surface area contributed by atoms with Gasteiger partial charge in [0.1, 0.15) is 0 Å². The lowest BCUT2D eigenvalue weighted by Gasteiger charge is -2.20. The predicted molar refractivity (Wildman–Crippen MR) is 98.0 cm³/mol. The highest BCUT2D eigenvalue weighted by Gasteiger charge is 2.17. The fraction of sp³-hybridized carbons (Fsp3) is 0.294. The zero-order valence-electron chi connectivity index (χ0n) is 13.6. The highest BCUT2D eigenvalue weighted by molar-refractivity contribution is 9.10. The van der Waals surface area contributed by atoms with E-state index in [2.05, 4.69) is 21.2 Å². The van der Waals surface area contributed by atoms with Crippen molar-refractivity contribution >= 4 is 39.1 Å². The van der Waals surface area contributed by atoms with Gasteiger partial charge in [-0.05, 0) is 36.6 Å². The summed E-state index contributed by atoms with van der Waals surface area (Å²) in [7, 11) is 0. The van der Waals surface area contributed by atoms with Crippen LogP contribution in [0.2, 0.25) is 0 Å². The van der Waals surface area contributed by atoms with Crippen molar-refractivity contribution in [3.63, 3.8) is 0 Å². The van der Waals surface area contributed by atoms with Crippen molar-refractivity contribution in [1.82, 2.24) is 10.2 Å². The Morgan fingerprint density at radius 3 is 2.80 bits per heavy atom. The molecule has 0 radical (unpaired) electrons. The number of amides is 2. The minimum atomic E-state index is -0.557. The molecule has 1 heterocycles. The molecule has 0 saturated heterocycles. The minimum Gasteiger partial charge on any atom is -0.481 e. The average molecular weight is 429 g/mol. The van der Waals surface area contributed by atoms with Gasteiger partial charge in [0.2, 0.25) is 5.91 Å². The molecule has 2 amide bonds. The normalized spacial score (nSPS) is 10.4. The fourth-order valence-electron chi connectivity index (χ4n) is 2.03. The maximum absolute atomic E-state index is 13.7. The lowest BCUT2D eigenvalue weighted by molar-refractivity contribution is -0.137. The predicted octanol–water partition coefficient (Wildman–Crippen LogP) is 3.19. The lowest BCUT2D eigenvalue weighted by atomic mass is 10.3. The molecular formula is C17H18BrFN2O3S. The van der Waals surface area contributed by atoms with E-state index in [1.807, 2.05) is 17.5 Å². The topological polar surface area (TPSA) is 58.6 Å². The van der Waals surface area contributed by atoms with Crippen LogP contribution in [0.25, 0.3) is 0 Å². The van der Waals surface area contributed by atoms with E-state index in [1.165, 1.54) is 17.0 Å². The quantitative estimate of drug-likeness (QED) is 0.702. The number of likely N-dealkylation sites (N-methyl/N-ethyl adjacent to an activating group) is 1. The molecule has 0 spiro atoms. The summed E-state index contributed by atoms with van der Waals surface area (Å²) < 4.78 is 19.5. The number of ether oxygens (including phenoxy) is 1. The summed E-state index contributed by atoms with van der Waals surface area (Å²) in [5, 5.41) is 4.70. The summed E-state index contributed by atoms with van der Waals surface area (Å²) in [4.78, 5) is 26.6. The number of nitrogens with one attached hydrogen (secondary N) is 1. The molecular weight excluding hydrogens is 411 g/mol. The number of carbonyl (C=O) groups excluding carboxylic acids is 2. The molecule has 5 nitrogen and oxygen atoms in total. The Kier molecular flexibility index (Phi) is 7.39. The molecule has 0 bridgehead atoms. The first-order valence-electron chi connectivity index (χ1n) is 7.64. The summed E-state index contributed by atoms with van der Waals surface area (Å²) in [6.07, 6.45) is 0. The van der Waals surface area contributed by atoms with Gasteiger partial charge in [0.05, 0.1) is 13.1 Å². The van der Waals surface area contributed by atoms with E-state index in [1.54, 1.807) is 24.3 Å². The molecule has 1 aromatic carbocycles. The van der Waals surface area contributed by atoms with Crippen molar-refractivity contribution < 1.29 is 18.7 Å². The molecule has 1 N–H and O–H groups in total. The molecule has 0 aliphatic heterocycles. The third-order valence-electron chi connectivity index (χ3n) is 3.35. The summed E-state index contributed by atoms with van der Waals surface area (Å²) in [6.45, 7) is 2.17. The molecule has 0 aliphatic rings. The first kappa shape index (κ1) is 19.4. The van der Waals surface area contributed by atoms with Gasteiger partial charge in [-0.25, -0.2) is 4.39 Å². The van der Waals surface area contributed by atoms with Crippen LogP contribution in [0.3, 0.4) is 0 Å². The number of hydrogen-bond donors (Lipinski definition) is 1. The Labute approximate surface area is 157 Å². The van der Waals surface area contributed by atoms with Gasteiger partial charge in [-0.15, -0.1) is 11.3 Å². The Morgan fingerprint density at radius 2 is 2.16 bits per heavy atom. The third-order valence-corrected chi connectivity index (χ3v) is 4.72. The van der Waals surface area contributed by atoms with Crippen LogP contribution >= 0.6 is 27.3 Å². The Morgan fingerprint density at radius 1 is 1.36 bits per heavy atom. The van der Waals surface area contributed by atoms with Crippen LogP contribution in [0.15, 0.2) is 40.2 Å². The SMILES string of the molecule is CCN(CC(=O)NCc1cccs1)C(=O)COc1ccc(Br)cc1F. The third kappa shape index (κ3) is 6.13. The first-order chi connectivity index (χ1) is 12.0. The molecule has 0 fully saturated rings. The summed E-state index contributed by atoms with van der Waals surface area (Å²) >= 11 is 4.70. The van der Waals surface area contributed by atoms with Crippen molar-refractivity contribution in [2.75, 3.05) is 19.7 Å². The van der Waals surface area contributed by atoms with Crippen molar-refractivity contribution in [1.29, 1.82) is 0 Å². The molecule has 2 aromatic rings. The monoisotopic (exact) mass is 428 g/mol. The van der Waals surface area contributed by atoms with E-state index in [-0.39, 0.29) is 30.7 Å². The van der Waals surface area contributed by atoms with Crippen LogP contribution in [0.5, 0.6) is 5.75 Å². The summed E-state index contributed by atoms with van der Waals surface area (Å²) in [5.41, 5.74) is 0. The number of hydrogen-bond acceptors (Lipinski definition) is 4. The minimum absolute atomic E-state index is 0.00486. The molecule has 0 aliphatic carbocycles.